The first-order valence-electron chi connectivity index (χ1n) is 11.1. The molecule has 35 heavy (non-hydrogen) atoms. The van der Waals surface area contributed by atoms with Gasteiger partial charge in [0.05, 0.1) is 15.9 Å². The zero-order valence-corrected chi connectivity index (χ0v) is 20.1. The molecule has 2 heterocycles. The highest BCUT2D eigenvalue weighted by molar-refractivity contribution is 7.90. The van der Waals surface area contributed by atoms with Crippen LogP contribution in [0, 0.1) is 5.92 Å². The van der Waals surface area contributed by atoms with Gasteiger partial charge in [0.2, 0.25) is 0 Å². The number of likely N-dealkylation sites (tertiary alicyclic amines) is 1. The molecule has 3 atom stereocenters. The minimum absolute atomic E-state index is 0.0613. The molecular formula is C22H24F3N3O6S. The maximum atomic E-state index is 13.4. The zero-order chi connectivity index (χ0) is 25.4. The Bertz CT molecular complexity index is 1290. The Hall–Kier alpha value is -2.67. The van der Waals surface area contributed by atoms with Gasteiger partial charge in [-0.15, -0.1) is 0 Å². The van der Waals surface area contributed by atoms with Crippen molar-refractivity contribution in [3.05, 3.63) is 35.5 Å². The first-order valence-corrected chi connectivity index (χ1v) is 12.9. The van der Waals surface area contributed by atoms with Crippen LogP contribution < -0.4 is 4.74 Å². The fourth-order valence-electron chi connectivity index (χ4n) is 4.65. The summed E-state index contributed by atoms with van der Waals surface area (Å²) in [7, 11) is -2.14. The molecule has 9 nitrogen and oxygen atoms in total. The van der Waals surface area contributed by atoms with Crippen molar-refractivity contribution in [3.8, 4) is 5.75 Å². The van der Waals surface area contributed by atoms with Crippen molar-refractivity contribution in [2.45, 2.75) is 54.4 Å². The number of nitrogens with zero attached hydrogens (tertiary/aromatic N) is 3. The lowest BCUT2D eigenvalue weighted by atomic mass is 10.1. The van der Waals surface area contributed by atoms with Gasteiger partial charge in [-0.25, -0.2) is 8.42 Å². The van der Waals surface area contributed by atoms with E-state index in [9.17, 15) is 26.4 Å². The van der Waals surface area contributed by atoms with E-state index in [4.69, 9.17) is 14.0 Å². The number of carbonyl (C=O) groups excluding carboxylic acids is 1. The largest absolute Gasteiger partial charge is 0.480 e. The van der Waals surface area contributed by atoms with Crippen molar-refractivity contribution < 1.29 is 40.4 Å². The van der Waals surface area contributed by atoms with E-state index in [0.717, 1.165) is 50.6 Å². The second kappa shape index (κ2) is 7.66. The monoisotopic (exact) mass is 515 g/mol. The number of hydrogen-bond donors (Lipinski definition) is 0. The van der Waals surface area contributed by atoms with E-state index in [-0.39, 0.29) is 28.7 Å². The van der Waals surface area contributed by atoms with Gasteiger partial charge in [-0.05, 0) is 50.3 Å². The van der Waals surface area contributed by atoms with Crippen LogP contribution in [0.25, 0.3) is 0 Å². The van der Waals surface area contributed by atoms with Gasteiger partial charge in [0.1, 0.15) is 11.4 Å². The summed E-state index contributed by atoms with van der Waals surface area (Å²) in [5, 5.41) is 4.13. The average molecular weight is 516 g/mol. The van der Waals surface area contributed by atoms with Crippen LogP contribution in [-0.2, 0) is 25.6 Å². The minimum Gasteiger partial charge on any atom is -0.480 e. The van der Waals surface area contributed by atoms with E-state index in [0.29, 0.717) is 18.3 Å². The Morgan fingerprint density at radius 3 is 2.63 bits per heavy atom. The van der Waals surface area contributed by atoms with Crippen LogP contribution in [0.4, 0.5) is 13.2 Å². The van der Waals surface area contributed by atoms with Gasteiger partial charge < -0.3 is 18.9 Å². The maximum absolute atomic E-state index is 13.4. The Labute approximate surface area is 199 Å². The van der Waals surface area contributed by atoms with Gasteiger partial charge in [0.25, 0.3) is 11.8 Å². The van der Waals surface area contributed by atoms with Crippen LogP contribution in [-0.4, -0.2) is 68.1 Å². The van der Waals surface area contributed by atoms with Gasteiger partial charge in [-0.2, -0.15) is 18.2 Å². The second-order valence-electron chi connectivity index (χ2n) is 9.60. The SMILES string of the molecule is COC1(c2nc(C34CC3CN(C(=O)c3cc(S(C)(=O)=O)ccc3O[C@H](C)C(F)(F)F)C4)no2)CC1. The molecule has 0 N–H and O–H groups in total. The Balaban J connectivity index is 1.41. The lowest BCUT2D eigenvalue weighted by molar-refractivity contribution is -0.189. The molecule has 1 aromatic carbocycles. The molecule has 3 aliphatic rings. The number of fused-ring (bicyclic) bond motifs is 1. The molecule has 0 radical (unpaired) electrons. The molecule has 2 aliphatic carbocycles. The molecule has 0 bridgehead atoms. The van der Waals surface area contributed by atoms with Crippen LogP contribution in [0.5, 0.6) is 5.75 Å². The number of amides is 1. The normalized spacial score (nSPS) is 25.8. The number of rotatable bonds is 7. The van der Waals surface area contributed by atoms with Crippen LogP contribution in [0.3, 0.4) is 0 Å². The quantitative estimate of drug-likeness (QED) is 0.554. The number of carbonyl (C=O) groups is 1. The number of halogens is 3. The molecule has 1 aromatic heterocycles. The highest BCUT2D eigenvalue weighted by atomic mass is 32.2. The Kier molecular flexibility index (Phi) is 5.26. The van der Waals surface area contributed by atoms with Crippen LogP contribution in [0.1, 0.15) is 48.3 Å². The maximum Gasteiger partial charge on any atom is 0.425 e. The molecule has 0 spiro atoms. The molecule has 2 aromatic rings. The number of methoxy groups -OCH3 is 1. The molecule has 2 saturated carbocycles. The van der Waals surface area contributed by atoms with E-state index in [2.05, 4.69) is 10.1 Å². The molecule has 2 unspecified atom stereocenters. The number of benzene rings is 1. The summed E-state index contributed by atoms with van der Waals surface area (Å²) in [6.45, 7) is 1.38. The standard InChI is InChI=1S/C22H24F3N3O6S/c1-12(22(23,24)25)33-16-5-4-14(35(3,30)31)8-15(16)17(29)28-10-13-9-20(13,11-28)18-26-19(34-27-18)21(32-2)6-7-21/h4-5,8,12-13H,6-7,9-11H2,1-3H3/t12-,13?,20?/m1/s1. The third-order valence-corrected chi connectivity index (χ3v) is 8.27. The fraction of sp³-hybridized carbons (Fsp3) is 0.591. The lowest BCUT2D eigenvalue weighted by Crippen LogP contribution is -2.35. The first-order chi connectivity index (χ1) is 16.3. The number of piperidine rings is 1. The number of hydrogen-bond acceptors (Lipinski definition) is 8. The van der Waals surface area contributed by atoms with Crippen molar-refractivity contribution in [1.29, 1.82) is 0 Å². The van der Waals surface area contributed by atoms with E-state index >= 15 is 0 Å². The van der Waals surface area contributed by atoms with E-state index in [1.54, 1.807) is 7.11 Å². The highest BCUT2D eigenvalue weighted by Crippen LogP contribution is 2.59. The van der Waals surface area contributed by atoms with Crippen molar-refractivity contribution >= 4 is 15.7 Å². The summed E-state index contributed by atoms with van der Waals surface area (Å²) >= 11 is 0. The van der Waals surface area contributed by atoms with Crippen molar-refractivity contribution in [3.63, 3.8) is 0 Å². The molecule has 13 heteroatoms. The van der Waals surface area contributed by atoms with E-state index in [1.807, 2.05) is 0 Å². The van der Waals surface area contributed by atoms with Gasteiger partial charge in [-0.1, -0.05) is 5.16 Å². The molecule has 5 rings (SSSR count). The molecule has 1 aliphatic heterocycles. The molecule has 1 amide bonds. The van der Waals surface area contributed by atoms with Crippen LogP contribution in [0.2, 0.25) is 0 Å². The number of sulfone groups is 1. The van der Waals surface area contributed by atoms with E-state index < -0.39 is 39.0 Å². The molecule has 190 valence electrons. The Morgan fingerprint density at radius 2 is 2.03 bits per heavy atom. The number of aromatic nitrogens is 2. The second-order valence-corrected chi connectivity index (χ2v) is 11.6. The summed E-state index contributed by atoms with van der Waals surface area (Å²) in [5.41, 5.74) is -1.30. The first kappa shape index (κ1) is 24.0. The average Bonchev–Trinajstić information content (AvgIpc) is 3.62. The summed E-state index contributed by atoms with van der Waals surface area (Å²) in [4.78, 5) is 19.2. The predicted octanol–water partition coefficient (Wildman–Crippen LogP) is 2.85. The number of ether oxygens (including phenoxy) is 2. The minimum atomic E-state index is -4.66. The predicted molar refractivity (Wildman–Crippen MR) is 114 cm³/mol. The topological polar surface area (TPSA) is 112 Å². The van der Waals surface area contributed by atoms with Gasteiger partial charge in [0.15, 0.2) is 21.8 Å². The van der Waals surface area contributed by atoms with Crippen molar-refractivity contribution in [2.75, 3.05) is 26.5 Å². The van der Waals surface area contributed by atoms with Crippen molar-refractivity contribution in [1.82, 2.24) is 15.0 Å². The summed E-state index contributed by atoms with van der Waals surface area (Å²) in [5.74, 6) is -0.0167. The smallest absolute Gasteiger partial charge is 0.425 e. The molecule has 1 saturated heterocycles. The third-order valence-electron chi connectivity index (χ3n) is 7.16. The van der Waals surface area contributed by atoms with Crippen LogP contribution in [0.15, 0.2) is 27.6 Å². The van der Waals surface area contributed by atoms with Gasteiger partial charge in [-0.3, -0.25) is 4.79 Å². The van der Waals surface area contributed by atoms with Crippen molar-refractivity contribution in [2.24, 2.45) is 5.92 Å². The Morgan fingerprint density at radius 1 is 1.31 bits per heavy atom. The third kappa shape index (κ3) is 4.07. The molecular weight excluding hydrogens is 491 g/mol. The summed E-state index contributed by atoms with van der Waals surface area (Å²) in [6, 6.07) is 3.27. The highest BCUT2D eigenvalue weighted by Gasteiger charge is 2.65. The van der Waals surface area contributed by atoms with Gasteiger partial charge >= 0.3 is 6.18 Å². The molecule has 3 fully saturated rings. The van der Waals surface area contributed by atoms with Crippen LogP contribution >= 0.6 is 0 Å². The van der Waals surface area contributed by atoms with Gasteiger partial charge in [0, 0.05) is 26.5 Å². The zero-order valence-electron chi connectivity index (χ0n) is 19.3. The fourth-order valence-corrected chi connectivity index (χ4v) is 5.30. The van der Waals surface area contributed by atoms with E-state index in [1.165, 1.54) is 4.90 Å². The summed E-state index contributed by atoms with van der Waals surface area (Å²) < 4.78 is 79.4. The number of alkyl halides is 3. The lowest BCUT2D eigenvalue weighted by Gasteiger charge is -2.24. The summed E-state index contributed by atoms with van der Waals surface area (Å²) in [6.07, 6.45) is -3.59.